The molecule has 0 heterocycles. The maximum Gasteiger partial charge on any atom is 0.260 e. The highest BCUT2D eigenvalue weighted by molar-refractivity contribution is 7.81. The Hall–Kier alpha value is -1.73. The van der Waals surface area contributed by atoms with Crippen molar-refractivity contribution >= 4 is 24.2 Å². The number of nitrogens with zero attached hydrogens (tertiary/aromatic N) is 1. The van der Waals surface area contributed by atoms with Gasteiger partial charge in [0, 0.05) is 16.9 Å². The minimum Gasteiger partial charge on any atom is -0.508 e. The van der Waals surface area contributed by atoms with Crippen LogP contribution >= 0.6 is 12.6 Å². The van der Waals surface area contributed by atoms with Gasteiger partial charge in [0.15, 0.2) is 6.61 Å². The molecule has 0 unspecified atom stereocenters. The van der Waals surface area contributed by atoms with Crippen LogP contribution in [0.2, 0.25) is 0 Å². The maximum atomic E-state index is 12.1. The summed E-state index contributed by atoms with van der Waals surface area (Å²) in [7, 11) is 0. The van der Waals surface area contributed by atoms with Gasteiger partial charge in [-0.25, -0.2) is 0 Å². The summed E-state index contributed by atoms with van der Waals surface area (Å²) >= 11 is 4.41. The van der Waals surface area contributed by atoms with Crippen LogP contribution in [0.1, 0.15) is 69.9 Å². The molecule has 31 heavy (non-hydrogen) atoms. The predicted molar refractivity (Wildman–Crippen MR) is 124 cm³/mol. The maximum absolute atomic E-state index is 12.1. The monoisotopic (exact) mass is 446 g/mol. The third kappa shape index (κ3) is 4.44. The highest BCUT2D eigenvalue weighted by Crippen LogP contribution is 2.61. The smallest absolute Gasteiger partial charge is 0.260 e. The van der Waals surface area contributed by atoms with Crippen molar-refractivity contribution in [3.63, 3.8) is 0 Å². The Morgan fingerprint density at radius 3 is 2.87 bits per heavy atom. The Morgan fingerprint density at radius 1 is 1.35 bits per heavy atom. The van der Waals surface area contributed by atoms with E-state index in [0.29, 0.717) is 24.3 Å². The fourth-order valence-corrected chi connectivity index (χ4v) is 6.08. The first kappa shape index (κ1) is 22.5. The molecule has 2 fully saturated rings. The number of nitrogens with one attached hydrogen (secondary N) is 1. The Morgan fingerprint density at radius 2 is 2.13 bits per heavy atom. The molecular formula is C24H34N2O4S. The number of phenolic OH excluding ortho intramolecular Hbond substituents is 1. The Labute approximate surface area is 189 Å². The quantitative estimate of drug-likeness (QED) is 0.411. The first-order chi connectivity index (χ1) is 14.6. The third-order valence-corrected chi connectivity index (χ3v) is 7.81. The number of aromatic hydroxyl groups is 1. The molecule has 3 aliphatic rings. The second-order valence-electron chi connectivity index (χ2n) is 10.4. The van der Waals surface area contributed by atoms with E-state index in [1.165, 1.54) is 5.56 Å². The van der Waals surface area contributed by atoms with Crippen molar-refractivity contribution in [1.82, 2.24) is 5.32 Å². The molecule has 2 saturated carbocycles. The Balaban J connectivity index is 1.54. The number of carbonyl (C=O) groups is 1. The molecule has 1 amide bonds. The van der Waals surface area contributed by atoms with Crippen LogP contribution in [0.3, 0.4) is 0 Å². The zero-order chi connectivity index (χ0) is 22.4. The number of thiol groups is 1. The summed E-state index contributed by atoms with van der Waals surface area (Å²) in [6, 6.07) is 5.50. The van der Waals surface area contributed by atoms with Crippen molar-refractivity contribution in [3.05, 3.63) is 29.3 Å². The van der Waals surface area contributed by atoms with Gasteiger partial charge in [-0.1, -0.05) is 18.1 Å². The van der Waals surface area contributed by atoms with Gasteiger partial charge >= 0.3 is 0 Å². The largest absolute Gasteiger partial charge is 0.508 e. The number of benzene rings is 1. The third-order valence-electron chi connectivity index (χ3n) is 7.65. The number of aliphatic hydroxyl groups is 1. The molecule has 1 aromatic carbocycles. The molecule has 0 bridgehead atoms. The Kier molecular flexibility index (Phi) is 6.03. The first-order valence-electron chi connectivity index (χ1n) is 11.3. The summed E-state index contributed by atoms with van der Waals surface area (Å²) in [4.78, 5) is 17.5. The van der Waals surface area contributed by atoms with Crippen LogP contribution < -0.4 is 5.32 Å². The van der Waals surface area contributed by atoms with E-state index >= 15 is 0 Å². The zero-order valence-electron chi connectivity index (χ0n) is 18.6. The molecule has 170 valence electrons. The van der Waals surface area contributed by atoms with E-state index in [1.54, 1.807) is 12.1 Å². The van der Waals surface area contributed by atoms with E-state index in [1.807, 2.05) is 19.9 Å². The number of oxime groups is 1. The highest BCUT2D eigenvalue weighted by Gasteiger charge is 2.55. The van der Waals surface area contributed by atoms with E-state index < -0.39 is 0 Å². The molecule has 7 heteroatoms. The lowest BCUT2D eigenvalue weighted by molar-refractivity contribution is -0.125. The topological polar surface area (TPSA) is 91.2 Å². The van der Waals surface area contributed by atoms with E-state index in [9.17, 15) is 15.0 Å². The van der Waals surface area contributed by atoms with Crippen LogP contribution in [0.4, 0.5) is 0 Å². The van der Waals surface area contributed by atoms with Crippen LogP contribution in [-0.2, 0) is 9.63 Å². The van der Waals surface area contributed by atoms with Gasteiger partial charge < -0.3 is 20.4 Å². The van der Waals surface area contributed by atoms with Crippen LogP contribution in [0.25, 0.3) is 0 Å². The van der Waals surface area contributed by atoms with E-state index in [-0.39, 0.29) is 34.5 Å². The molecule has 0 aromatic heterocycles. The number of aliphatic hydroxyl groups excluding tert-OH is 1. The van der Waals surface area contributed by atoms with Crippen molar-refractivity contribution in [2.45, 2.75) is 69.6 Å². The average Bonchev–Trinajstić information content (AvgIpc) is 3.01. The minimum atomic E-state index is -0.296. The number of amides is 1. The normalized spacial score (nSPS) is 33.4. The van der Waals surface area contributed by atoms with Gasteiger partial charge in [-0.05, 0) is 86.8 Å². The van der Waals surface area contributed by atoms with Crippen LogP contribution in [0.5, 0.6) is 5.75 Å². The molecule has 0 radical (unpaired) electrons. The lowest BCUT2D eigenvalue weighted by atomic mass is 9.55. The summed E-state index contributed by atoms with van der Waals surface area (Å²) in [6.45, 7) is 6.38. The first-order valence-corrected chi connectivity index (χ1v) is 11.7. The average molecular weight is 447 g/mol. The van der Waals surface area contributed by atoms with E-state index in [4.69, 9.17) is 4.84 Å². The number of rotatable bonds is 5. The number of carbonyl (C=O) groups excluding carboxylic acids is 1. The molecule has 1 aromatic rings. The van der Waals surface area contributed by atoms with Crippen molar-refractivity contribution in [1.29, 1.82) is 0 Å². The standard InChI is InChI=1S/C24H34N2O4S/c1-23(2,31)13-25-22(29)12-30-26-20-11-17-16(15-5-4-14(27)10-18(15)20)8-9-24(3)19(17)6-7-21(24)28/h4-5,10,16-17,19,21,27-28,31H,6-9,11-13H2,1-3H3,(H,25,29)/b26-20+/t16-,17-,19+,21+,24+/m1/s1. The number of fused-ring (bicyclic) bond motifs is 5. The second kappa shape index (κ2) is 8.32. The minimum absolute atomic E-state index is 0.0406. The molecule has 0 saturated heterocycles. The Bertz CT molecular complexity index is 881. The zero-order valence-corrected chi connectivity index (χ0v) is 19.5. The molecule has 3 N–H and O–H groups in total. The van der Waals surface area contributed by atoms with Crippen molar-refractivity contribution < 1.29 is 19.8 Å². The number of phenols is 1. The van der Waals surface area contributed by atoms with Gasteiger partial charge in [-0.2, -0.15) is 12.6 Å². The summed E-state index contributed by atoms with van der Waals surface area (Å²) < 4.78 is -0.296. The fourth-order valence-electron chi connectivity index (χ4n) is 6.00. The fraction of sp³-hybridized carbons (Fsp3) is 0.667. The van der Waals surface area contributed by atoms with Gasteiger partial charge in [-0.3, -0.25) is 4.79 Å². The number of hydrogen-bond donors (Lipinski definition) is 4. The molecule has 6 nitrogen and oxygen atoms in total. The van der Waals surface area contributed by atoms with Crippen molar-refractivity contribution in [2.75, 3.05) is 13.2 Å². The van der Waals surface area contributed by atoms with Gasteiger partial charge in [0.05, 0.1) is 11.8 Å². The summed E-state index contributed by atoms with van der Waals surface area (Å²) in [5, 5.41) is 27.9. The molecular weight excluding hydrogens is 412 g/mol. The SMILES string of the molecule is CC(C)(S)CNC(=O)CO/N=C1\C[C@@H]2[C@H](CC[C@]3(C)[C@@H](O)CC[C@@H]23)c2ccc(O)cc21. The molecule has 0 spiro atoms. The summed E-state index contributed by atoms with van der Waals surface area (Å²) in [6.07, 6.45) is 4.43. The van der Waals surface area contributed by atoms with Gasteiger partial charge in [-0.15, -0.1) is 0 Å². The predicted octanol–water partition coefficient (Wildman–Crippen LogP) is 3.61. The van der Waals surface area contributed by atoms with Crippen molar-refractivity contribution in [2.24, 2.45) is 22.4 Å². The van der Waals surface area contributed by atoms with Crippen LogP contribution in [0, 0.1) is 17.3 Å². The molecule has 0 aliphatic heterocycles. The van der Waals surface area contributed by atoms with Crippen LogP contribution in [0.15, 0.2) is 23.4 Å². The lowest BCUT2D eigenvalue weighted by Crippen LogP contribution is -2.45. The van der Waals surface area contributed by atoms with Crippen molar-refractivity contribution in [3.8, 4) is 5.75 Å². The van der Waals surface area contributed by atoms with Gasteiger partial charge in [0.1, 0.15) is 5.75 Å². The second-order valence-corrected chi connectivity index (χ2v) is 11.6. The summed E-state index contributed by atoms with van der Waals surface area (Å²) in [5.74, 6) is 1.19. The summed E-state index contributed by atoms with van der Waals surface area (Å²) in [5.41, 5.74) is 2.85. The van der Waals surface area contributed by atoms with E-state index in [0.717, 1.165) is 43.4 Å². The number of hydrogen-bond acceptors (Lipinski definition) is 6. The van der Waals surface area contributed by atoms with E-state index in [2.05, 4.69) is 30.0 Å². The molecule has 4 rings (SSSR count). The van der Waals surface area contributed by atoms with Crippen LogP contribution in [-0.4, -0.2) is 45.8 Å². The lowest BCUT2D eigenvalue weighted by Gasteiger charge is -2.50. The highest BCUT2D eigenvalue weighted by atomic mass is 32.1. The molecule has 3 aliphatic carbocycles. The molecule has 5 atom stereocenters. The van der Waals surface area contributed by atoms with Gasteiger partial charge in [0.25, 0.3) is 5.91 Å². The van der Waals surface area contributed by atoms with Gasteiger partial charge in [0.2, 0.25) is 0 Å².